The minimum absolute atomic E-state index is 0.445. The number of aliphatic hydroxyl groups is 1. The average molecular weight is 301 g/mol. The summed E-state index contributed by atoms with van der Waals surface area (Å²) in [4.78, 5) is 0. The van der Waals surface area contributed by atoms with Crippen molar-refractivity contribution < 1.29 is 5.11 Å². The van der Waals surface area contributed by atoms with E-state index < -0.39 is 5.60 Å². The Labute approximate surface area is 135 Å². The van der Waals surface area contributed by atoms with Gasteiger partial charge in [0.15, 0.2) is 0 Å². The van der Waals surface area contributed by atoms with E-state index in [1.54, 1.807) is 0 Å². The van der Waals surface area contributed by atoms with E-state index in [0.29, 0.717) is 5.92 Å². The van der Waals surface area contributed by atoms with E-state index in [1.807, 2.05) is 0 Å². The molecule has 1 saturated heterocycles. The zero-order chi connectivity index (χ0) is 15.3. The van der Waals surface area contributed by atoms with Crippen molar-refractivity contribution in [2.45, 2.75) is 63.4 Å². The van der Waals surface area contributed by atoms with E-state index in [9.17, 15) is 5.11 Å². The van der Waals surface area contributed by atoms with Crippen molar-refractivity contribution in [1.82, 2.24) is 5.32 Å². The normalized spacial score (nSPS) is 26.5. The highest BCUT2D eigenvalue weighted by Gasteiger charge is 2.38. The fourth-order valence-corrected chi connectivity index (χ4v) is 4.49. The minimum Gasteiger partial charge on any atom is -0.385 e. The third-order valence-electron chi connectivity index (χ3n) is 5.89. The van der Waals surface area contributed by atoms with E-state index in [0.717, 1.165) is 30.9 Å². The molecule has 1 aliphatic carbocycles. The lowest BCUT2D eigenvalue weighted by molar-refractivity contribution is -0.0510. The van der Waals surface area contributed by atoms with Gasteiger partial charge in [-0.15, -0.1) is 0 Å². The van der Waals surface area contributed by atoms with Gasteiger partial charge in [0, 0.05) is 0 Å². The third kappa shape index (κ3) is 3.72. The number of hydrogen-bond acceptors (Lipinski definition) is 2. The molecule has 0 spiro atoms. The summed E-state index contributed by atoms with van der Waals surface area (Å²) >= 11 is 0. The van der Waals surface area contributed by atoms with Gasteiger partial charge in [-0.05, 0) is 69.0 Å². The Hall–Kier alpha value is -0.860. The standard InChI is InChI=1S/C20H31NO/c22-20(18-9-3-1-4-10-18,19-11-5-2-6-12-19)14-13-17-8-7-15-21-16-17/h1,3-4,9-10,17,19,21-22H,2,5-8,11-16H2. The molecule has 3 rings (SSSR count). The van der Waals surface area contributed by atoms with E-state index in [1.165, 1.54) is 51.5 Å². The summed E-state index contributed by atoms with van der Waals surface area (Å²) < 4.78 is 0. The summed E-state index contributed by atoms with van der Waals surface area (Å²) in [6.45, 7) is 2.30. The first-order chi connectivity index (χ1) is 10.8. The van der Waals surface area contributed by atoms with Gasteiger partial charge in [-0.1, -0.05) is 49.6 Å². The van der Waals surface area contributed by atoms with Crippen LogP contribution in [0.2, 0.25) is 0 Å². The summed E-state index contributed by atoms with van der Waals surface area (Å²) in [7, 11) is 0. The van der Waals surface area contributed by atoms with Crippen LogP contribution in [0.1, 0.15) is 63.4 Å². The summed E-state index contributed by atoms with van der Waals surface area (Å²) in [5.41, 5.74) is 0.532. The molecule has 122 valence electrons. The Morgan fingerprint density at radius 2 is 1.77 bits per heavy atom. The highest BCUT2D eigenvalue weighted by Crippen LogP contribution is 2.43. The van der Waals surface area contributed by atoms with Crippen LogP contribution < -0.4 is 5.32 Å². The molecule has 2 aliphatic rings. The first kappa shape index (κ1) is 16.0. The molecule has 0 amide bonds. The van der Waals surface area contributed by atoms with Gasteiger partial charge in [0.25, 0.3) is 0 Å². The SMILES string of the molecule is OC(CCC1CCCNC1)(c1ccccc1)C1CCCCC1. The minimum atomic E-state index is -0.612. The van der Waals surface area contributed by atoms with Gasteiger partial charge in [0.05, 0.1) is 5.60 Å². The van der Waals surface area contributed by atoms with Crippen molar-refractivity contribution in [3.63, 3.8) is 0 Å². The van der Waals surface area contributed by atoms with Crippen LogP contribution in [0.15, 0.2) is 30.3 Å². The molecule has 1 heterocycles. The van der Waals surface area contributed by atoms with Crippen LogP contribution in [0.4, 0.5) is 0 Å². The van der Waals surface area contributed by atoms with Crippen molar-refractivity contribution in [3.05, 3.63) is 35.9 Å². The second-order valence-corrected chi connectivity index (χ2v) is 7.38. The van der Waals surface area contributed by atoms with Crippen molar-refractivity contribution in [2.24, 2.45) is 11.8 Å². The fourth-order valence-electron chi connectivity index (χ4n) is 4.49. The number of hydrogen-bond donors (Lipinski definition) is 2. The molecule has 1 aromatic carbocycles. The maximum absolute atomic E-state index is 11.6. The lowest BCUT2D eigenvalue weighted by Gasteiger charge is -2.40. The average Bonchev–Trinajstić information content (AvgIpc) is 2.62. The summed E-state index contributed by atoms with van der Waals surface area (Å²) in [6.07, 6.45) is 11.0. The van der Waals surface area contributed by atoms with Crippen molar-refractivity contribution in [1.29, 1.82) is 0 Å². The zero-order valence-corrected chi connectivity index (χ0v) is 13.8. The molecule has 2 nitrogen and oxygen atoms in total. The lowest BCUT2D eigenvalue weighted by Crippen LogP contribution is -2.38. The number of rotatable bonds is 5. The quantitative estimate of drug-likeness (QED) is 0.853. The summed E-state index contributed by atoms with van der Waals surface area (Å²) in [5.74, 6) is 1.19. The molecule has 0 bridgehead atoms. The Morgan fingerprint density at radius 3 is 2.45 bits per heavy atom. The van der Waals surface area contributed by atoms with E-state index >= 15 is 0 Å². The first-order valence-corrected chi connectivity index (χ1v) is 9.27. The number of nitrogens with one attached hydrogen (secondary N) is 1. The summed E-state index contributed by atoms with van der Waals surface area (Å²) in [5, 5.41) is 15.1. The van der Waals surface area contributed by atoms with Gasteiger partial charge in [-0.25, -0.2) is 0 Å². The van der Waals surface area contributed by atoms with Crippen LogP contribution in [-0.4, -0.2) is 18.2 Å². The van der Waals surface area contributed by atoms with E-state index in [2.05, 4.69) is 35.6 Å². The Balaban J connectivity index is 1.73. The molecule has 2 N–H and O–H groups in total. The molecule has 1 saturated carbocycles. The van der Waals surface area contributed by atoms with Crippen molar-refractivity contribution in [2.75, 3.05) is 13.1 Å². The Morgan fingerprint density at radius 1 is 1.00 bits per heavy atom. The third-order valence-corrected chi connectivity index (χ3v) is 5.89. The topological polar surface area (TPSA) is 32.3 Å². The first-order valence-electron chi connectivity index (χ1n) is 9.27. The van der Waals surface area contributed by atoms with Gasteiger partial charge < -0.3 is 10.4 Å². The largest absolute Gasteiger partial charge is 0.385 e. The van der Waals surface area contributed by atoms with Crippen LogP contribution in [0.3, 0.4) is 0 Å². The predicted octanol–water partition coefficient (Wildman–Crippen LogP) is 4.23. The van der Waals surface area contributed by atoms with E-state index in [-0.39, 0.29) is 0 Å². The molecule has 22 heavy (non-hydrogen) atoms. The number of piperidine rings is 1. The van der Waals surface area contributed by atoms with Gasteiger partial charge in [-0.3, -0.25) is 0 Å². The zero-order valence-electron chi connectivity index (χ0n) is 13.8. The maximum atomic E-state index is 11.6. The van der Waals surface area contributed by atoms with Crippen molar-refractivity contribution in [3.8, 4) is 0 Å². The van der Waals surface area contributed by atoms with Crippen LogP contribution >= 0.6 is 0 Å². The van der Waals surface area contributed by atoms with Crippen LogP contribution in [0.25, 0.3) is 0 Å². The molecule has 1 aliphatic heterocycles. The fraction of sp³-hybridized carbons (Fsp3) is 0.700. The Kier molecular flexibility index (Phi) is 5.54. The maximum Gasteiger partial charge on any atom is 0.0924 e. The van der Waals surface area contributed by atoms with E-state index in [4.69, 9.17) is 0 Å². The number of benzene rings is 1. The van der Waals surface area contributed by atoms with Crippen LogP contribution in [-0.2, 0) is 5.60 Å². The second-order valence-electron chi connectivity index (χ2n) is 7.38. The van der Waals surface area contributed by atoms with Gasteiger partial charge in [0.1, 0.15) is 0 Å². The molecule has 2 fully saturated rings. The highest BCUT2D eigenvalue weighted by atomic mass is 16.3. The summed E-state index contributed by atoms with van der Waals surface area (Å²) in [6, 6.07) is 10.5. The Bertz CT molecular complexity index is 434. The molecular formula is C20H31NO. The van der Waals surface area contributed by atoms with Crippen LogP contribution in [0, 0.1) is 11.8 Å². The molecule has 0 aromatic heterocycles. The molecule has 1 aromatic rings. The van der Waals surface area contributed by atoms with Gasteiger partial charge >= 0.3 is 0 Å². The molecular weight excluding hydrogens is 270 g/mol. The van der Waals surface area contributed by atoms with Crippen molar-refractivity contribution >= 4 is 0 Å². The second kappa shape index (κ2) is 7.61. The lowest BCUT2D eigenvalue weighted by atomic mass is 9.70. The molecule has 0 radical (unpaired) electrons. The molecule has 2 atom stereocenters. The monoisotopic (exact) mass is 301 g/mol. The van der Waals surface area contributed by atoms with Gasteiger partial charge in [0.2, 0.25) is 0 Å². The molecule has 2 unspecified atom stereocenters. The smallest absolute Gasteiger partial charge is 0.0924 e. The van der Waals surface area contributed by atoms with Gasteiger partial charge in [-0.2, -0.15) is 0 Å². The van der Waals surface area contributed by atoms with Crippen LogP contribution in [0.5, 0.6) is 0 Å². The predicted molar refractivity (Wildman–Crippen MR) is 91.7 cm³/mol. The molecule has 2 heteroatoms. The highest BCUT2D eigenvalue weighted by molar-refractivity contribution is 5.23.